The third-order valence-electron chi connectivity index (χ3n) is 6.08. The van der Waals surface area contributed by atoms with E-state index in [2.05, 4.69) is 4.98 Å². The number of aromatic nitrogens is 2. The van der Waals surface area contributed by atoms with Crippen molar-refractivity contribution in [2.45, 2.75) is 11.8 Å². The van der Waals surface area contributed by atoms with Gasteiger partial charge in [0, 0.05) is 43.5 Å². The van der Waals surface area contributed by atoms with Crippen LogP contribution in [-0.2, 0) is 4.74 Å². The number of imidazole rings is 1. The summed E-state index contributed by atoms with van der Waals surface area (Å²) in [6.45, 7) is 2.92. The van der Waals surface area contributed by atoms with E-state index >= 15 is 0 Å². The molecule has 3 aromatic rings. The van der Waals surface area contributed by atoms with Crippen LogP contribution in [0, 0.1) is 0 Å². The van der Waals surface area contributed by atoms with Crippen LogP contribution < -0.4 is 5.73 Å². The van der Waals surface area contributed by atoms with Gasteiger partial charge < -0.3 is 20.5 Å². The van der Waals surface area contributed by atoms with Gasteiger partial charge in [0.15, 0.2) is 0 Å². The number of halogens is 1. The van der Waals surface area contributed by atoms with Gasteiger partial charge in [0.2, 0.25) is 0 Å². The monoisotopic (exact) mass is 441 g/mol. The number of rotatable bonds is 4. The standard InChI is InChI=1S/C22H24ClN5O3/c23-19-18(25-17-3-1-2-8-28(17)19)15-4-6-16(7-5-15)20(29)26-9-11-27(12-10-26)21(30)22(24)13-31-14-22/h1-8,21,30H,9-14,24H2. The summed E-state index contributed by atoms with van der Waals surface area (Å²) < 4.78 is 6.97. The number of pyridine rings is 1. The van der Waals surface area contributed by atoms with E-state index in [1.54, 1.807) is 17.0 Å². The van der Waals surface area contributed by atoms with E-state index in [1.807, 2.05) is 45.8 Å². The number of nitrogens with two attached hydrogens (primary N) is 1. The lowest BCUT2D eigenvalue weighted by atomic mass is 9.95. The van der Waals surface area contributed by atoms with Gasteiger partial charge in [0.1, 0.15) is 28.3 Å². The highest BCUT2D eigenvalue weighted by Crippen LogP contribution is 2.29. The number of hydrogen-bond donors (Lipinski definition) is 2. The van der Waals surface area contributed by atoms with Gasteiger partial charge in [-0.25, -0.2) is 4.98 Å². The Morgan fingerprint density at radius 3 is 2.45 bits per heavy atom. The second-order valence-corrected chi connectivity index (χ2v) is 8.54. The van der Waals surface area contributed by atoms with Gasteiger partial charge in [0.05, 0.1) is 13.2 Å². The van der Waals surface area contributed by atoms with Crippen LogP contribution in [-0.4, -0.2) is 81.4 Å². The van der Waals surface area contributed by atoms with Crippen molar-refractivity contribution < 1.29 is 14.6 Å². The van der Waals surface area contributed by atoms with E-state index in [9.17, 15) is 9.90 Å². The van der Waals surface area contributed by atoms with Crippen molar-refractivity contribution >= 4 is 23.2 Å². The number of ether oxygens (including phenoxy) is 1. The van der Waals surface area contributed by atoms with E-state index in [-0.39, 0.29) is 5.91 Å². The highest BCUT2D eigenvalue weighted by Gasteiger charge is 2.45. The molecular weight excluding hydrogens is 418 g/mol. The van der Waals surface area contributed by atoms with E-state index in [1.165, 1.54) is 0 Å². The van der Waals surface area contributed by atoms with Crippen LogP contribution in [0.5, 0.6) is 0 Å². The lowest BCUT2D eigenvalue weighted by Gasteiger charge is -2.47. The summed E-state index contributed by atoms with van der Waals surface area (Å²) in [7, 11) is 0. The first-order valence-corrected chi connectivity index (χ1v) is 10.7. The molecule has 31 heavy (non-hydrogen) atoms. The summed E-state index contributed by atoms with van der Waals surface area (Å²) in [5.41, 5.74) is 8.37. The van der Waals surface area contributed by atoms with Crippen LogP contribution in [0.15, 0.2) is 48.7 Å². The molecule has 0 spiro atoms. The number of hydrogen-bond acceptors (Lipinski definition) is 6. The molecule has 0 saturated carbocycles. The van der Waals surface area contributed by atoms with Gasteiger partial charge in [0.25, 0.3) is 5.91 Å². The largest absolute Gasteiger partial charge is 0.377 e. The van der Waals surface area contributed by atoms with Crippen LogP contribution in [0.1, 0.15) is 10.4 Å². The molecule has 2 aliphatic heterocycles. The molecule has 9 heteroatoms. The maximum absolute atomic E-state index is 13.0. The molecule has 162 valence electrons. The molecule has 1 atom stereocenters. The van der Waals surface area contributed by atoms with Crippen molar-refractivity contribution in [1.82, 2.24) is 19.2 Å². The lowest BCUT2D eigenvalue weighted by molar-refractivity contribution is -0.166. The number of piperazine rings is 1. The smallest absolute Gasteiger partial charge is 0.253 e. The Morgan fingerprint density at radius 1 is 1.13 bits per heavy atom. The molecule has 4 heterocycles. The van der Waals surface area contributed by atoms with Crippen LogP contribution in [0.25, 0.3) is 16.9 Å². The molecule has 2 fully saturated rings. The molecule has 1 amide bonds. The fourth-order valence-corrected chi connectivity index (χ4v) is 4.42. The van der Waals surface area contributed by atoms with E-state index in [4.69, 9.17) is 22.1 Å². The minimum absolute atomic E-state index is 0.0313. The summed E-state index contributed by atoms with van der Waals surface area (Å²) in [6.07, 6.45) is 1.11. The topological polar surface area (TPSA) is 96.3 Å². The average Bonchev–Trinajstić information content (AvgIpc) is 3.13. The van der Waals surface area contributed by atoms with Crippen LogP contribution >= 0.6 is 11.6 Å². The Hall–Kier alpha value is -2.49. The predicted molar refractivity (Wildman–Crippen MR) is 117 cm³/mol. The van der Waals surface area contributed by atoms with Crippen LogP contribution in [0.3, 0.4) is 0 Å². The van der Waals surface area contributed by atoms with E-state index < -0.39 is 11.8 Å². The van der Waals surface area contributed by atoms with Crippen molar-refractivity contribution in [3.63, 3.8) is 0 Å². The molecule has 1 aromatic carbocycles. The first-order valence-electron chi connectivity index (χ1n) is 10.3. The zero-order valence-electron chi connectivity index (χ0n) is 16.9. The van der Waals surface area contributed by atoms with E-state index in [0.29, 0.717) is 55.8 Å². The fraction of sp³-hybridized carbons (Fsp3) is 0.364. The number of aliphatic hydroxyl groups is 1. The summed E-state index contributed by atoms with van der Waals surface area (Å²) in [4.78, 5) is 21.3. The van der Waals surface area contributed by atoms with Crippen molar-refractivity contribution in [2.24, 2.45) is 5.73 Å². The number of fused-ring (bicyclic) bond motifs is 1. The Bertz CT molecular complexity index is 1100. The maximum Gasteiger partial charge on any atom is 0.253 e. The second kappa shape index (κ2) is 7.89. The van der Waals surface area contributed by atoms with Crippen molar-refractivity contribution in [2.75, 3.05) is 39.4 Å². The number of benzene rings is 1. The second-order valence-electron chi connectivity index (χ2n) is 8.19. The van der Waals surface area contributed by atoms with Crippen molar-refractivity contribution in [3.05, 3.63) is 59.4 Å². The molecule has 8 nitrogen and oxygen atoms in total. The van der Waals surface area contributed by atoms with Gasteiger partial charge in [-0.2, -0.15) is 0 Å². The Labute approximate surface area is 184 Å². The molecule has 2 aromatic heterocycles. The quantitative estimate of drug-likeness (QED) is 0.636. The molecule has 0 aliphatic carbocycles. The minimum Gasteiger partial charge on any atom is -0.377 e. The number of amides is 1. The fourth-order valence-electron chi connectivity index (χ4n) is 4.12. The molecule has 5 rings (SSSR count). The third-order valence-corrected chi connectivity index (χ3v) is 6.44. The normalized spacial score (nSPS) is 19.9. The molecule has 0 bridgehead atoms. The zero-order chi connectivity index (χ0) is 21.6. The summed E-state index contributed by atoms with van der Waals surface area (Å²) in [5, 5.41) is 11.0. The first kappa shape index (κ1) is 20.4. The SMILES string of the molecule is NC1(C(O)N2CCN(C(=O)c3ccc(-c4nc5ccccn5c4Cl)cc3)CC2)COC1. The number of nitrogens with zero attached hydrogens (tertiary/aromatic N) is 4. The molecule has 0 radical (unpaired) electrons. The highest BCUT2D eigenvalue weighted by atomic mass is 35.5. The predicted octanol–water partition coefficient (Wildman–Crippen LogP) is 1.46. The lowest BCUT2D eigenvalue weighted by Crippen LogP contribution is -2.71. The van der Waals surface area contributed by atoms with Gasteiger partial charge in [-0.3, -0.25) is 14.1 Å². The van der Waals surface area contributed by atoms with Crippen molar-refractivity contribution in [3.8, 4) is 11.3 Å². The zero-order valence-corrected chi connectivity index (χ0v) is 17.7. The van der Waals surface area contributed by atoms with E-state index in [0.717, 1.165) is 11.2 Å². The molecule has 2 aliphatic rings. The third kappa shape index (κ3) is 3.60. The van der Waals surface area contributed by atoms with Gasteiger partial charge >= 0.3 is 0 Å². The molecule has 1 unspecified atom stereocenters. The summed E-state index contributed by atoms with van der Waals surface area (Å²) >= 11 is 6.49. The number of aliphatic hydroxyl groups excluding tert-OH is 1. The maximum atomic E-state index is 13.0. The Balaban J connectivity index is 1.26. The van der Waals surface area contributed by atoms with Gasteiger partial charge in [-0.15, -0.1) is 0 Å². The Morgan fingerprint density at radius 2 is 1.84 bits per heavy atom. The summed E-state index contributed by atoms with van der Waals surface area (Å²) in [6, 6.07) is 13.1. The number of carbonyl (C=O) groups excluding carboxylic acids is 1. The minimum atomic E-state index is -0.757. The average molecular weight is 442 g/mol. The van der Waals surface area contributed by atoms with Crippen LogP contribution in [0.2, 0.25) is 5.15 Å². The molecule has 3 N–H and O–H groups in total. The Kier molecular flexibility index (Phi) is 5.19. The molecular formula is C22H24ClN5O3. The highest BCUT2D eigenvalue weighted by molar-refractivity contribution is 6.32. The number of carbonyl (C=O) groups is 1. The van der Waals surface area contributed by atoms with Crippen LogP contribution in [0.4, 0.5) is 0 Å². The first-order chi connectivity index (χ1) is 15.0. The van der Waals surface area contributed by atoms with Gasteiger partial charge in [-0.05, 0) is 24.3 Å². The molecule has 2 saturated heterocycles. The summed E-state index contributed by atoms with van der Waals surface area (Å²) in [5.74, 6) is -0.0313. The van der Waals surface area contributed by atoms with Gasteiger partial charge in [-0.1, -0.05) is 29.8 Å². The van der Waals surface area contributed by atoms with Crippen molar-refractivity contribution in [1.29, 1.82) is 0 Å².